The molecule has 0 atom stereocenters. The van der Waals surface area contributed by atoms with Crippen LogP contribution in [0.4, 0.5) is 29.0 Å². The Morgan fingerprint density at radius 1 is 0.722 bits per heavy atom. The molecule has 0 bridgehead atoms. The lowest BCUT2D eigenvalue weighted by Crippen LogP contribution is -2.47. The van der Waals surface area contributed by atoms with Crippen molar-refractivity contribution in [2.24, 2.45) is 10.7 Å². The van der Waals surface area contributed by atoms with Crippen molar-refractivity contribution >= 4 is 46.1 Å². The summed E-state index contributed by atoms with van der Waals surface area (Å²) in [7, 11) is 0. The highest BCUT2D eigenvalue weighted by Crippen LogP contribution is 2.29. The Balaban J connectivity index is 1.14. The Kier molecular flexibility index (Phi) is 6.63. The Morgan fingerprint density at radius 2 is 1.31 bits per heavy atom. The van der Waals surface area contributed by atoms with E-state index in [1.54, 1.807) is 11.3 Å². The van der Waals surface area contributed by atoms with E-state index in [0.29, 0.717) is 5.84 Å². The van der Waals surface area contributed by atoms with Gasteiger partial charge < -0.3 is 25.3 Å². The average Bonchev–Trinajstić information content (AvgIpc) is 3.73. The lowest BCUT2D eigenvalue weighted by molar-refractivity contribution is 0.646. The minimum absolute atomic E-state index is 0.567. The standard InChI is InChI=1S/C27H34N8S/c28-26(23-6-5-19-36-23)29-21-7-9-22(10-8-21)32-15-17-34(18-16-32)25-20-24(33-11-1-2-12-33)30-27(31-25)35-13-3-4-14-35/h5-10,19-20H,1-4,11-18H2,(H2,28,29). The molecule has 2 N–H and O–H groups in total. The largest absolute Gasteiger partial charge is 0.383 e. The second kappa shape index (κ2) is 10.3. The molecule has 9 heteroatoms. The molecule has 3 saturated heterocycles. The molecule has 3 aliphatic rings. The molecule has 0 radical (unpaired) electrons. The summed E-state index contributed by atoms with van der Waals surface area (Å²) in [5.41, 5.74) is 8.26. The highest BCUT2D eigenvalue weighted by atomic mass is 32.1. The summed E-state index contributed by atoms with van der Waals surface area (Å²) in [6.07, 6.45) is 4.97. The van der Waals surface area contributed by atoms with Gasteiger partial charge in [0.15, 0.2) is 0 Å². The van der Waals surface area contributed by atoms with Crippen LogP contribution in [0.25, 0.3) is 0 Å². The van der Waals surface area contributed by atoms with Gasteiger partial charge in [0.05, 0.1) is 10.6 Å². The maximum atomic E-state index is 6.15. The number of nitrogens with two attached hydrogens (primary N) is 1. The highest BCUT2D eigenvalue weighted by Gasteiger charge is 2.24. The van der Waals surface area contributed by atoms with Gasteiger partial charge in [-0.3, -0.25) is 0 Å². The molecule has 3 fully saturated rings. The summed E-state index contributed by atoms with van der Waals surface area (Å²) in [4.78, 5) is 25.3. The van der Waals surface area contributed by atoms with Gasteiger partial charge >= 0.3 is 0 Å². The van der Waals surface area contributed by atoms with E-state index in [2.05, 4.69) is 54.9 Å². The second-order valence-corrected chi connectivity index (χ2v) is 10.7. The SMILES string of the molecule is NC(=Nc1ccc(N2CCN(c3cc(N4CCCC4)nc(N4CCCC4)n3)CC2)cc1)c1cccs1. The molecule has 2 aromatic heterocycles. The third-order valence-corrected chi connectivity index (χ3v) is 8.24. The second-order valence-electron chi connectivity index (χ2n) is 9.74. The number of amidine groups is 1. The van der Waals surface area contributed by atoms with E-state index in [9.17, 15) is 0 Å². The summed E-state index contributed by atoms with van der Waals surface area (Å²) in [5, 5.41) is 2.02. The summed E-state index contributed by atoms with van der Waals surface area (Å²) >= 11 is 1.61. The molecule has 1 aromatic carbocycles. The van der Waals surface area contributed by atoms with Crippen molar-refractivity contribution in [1.29, 1.82) is 0 Å². The highest BCUT2D eigenvalue weighted by molar-refractivity contribution is 7.12. The Hall–Kier alpha value is -3.33. The third kappa shape index (κ3) is 4.97. The number of thiophene rings is 1. The fraction of sp³-hybridized carbons (Fsp3) is 0.444. The molecule has 0 saturated carbocycles. The van der Waals surface area contributed by atoms with Gasteiger partial charge in [0.25, 0.3) is 0 Å². The average molecular weight is 503 g/mol. The first-order chi connectivity index (χ1) is 17.7. The van der Waals surface area contributed by atoms with E-state index in [0.717, 1.165) is 80.5 Å². The van der Waals surface area contributed by atoms with Gasteiger partial charge in [-0.25, -0.2) is 4.99 Å². The van der Waals surface area contributed by atoms with Gasteiger partial charge in [0.1, 0.15) is 17.5 Å². The number of nitrogens with zero attached hydrogens (tertiary/aromatic N) is 7. The third-order valence-electron chi connectivity index (χ3n) is 7.35. The lowest BCUT2D eigenvalue weighted by atomic mass is 10.2. The molecule has 0 unspecified atom stereocenters. The monoisotopic (exact) mass is 502 g/mol. The zero-order valence-electron chi connectivity index (χ0n) is 20.7. The van der Waals surface area contributed by atoms with Crippen LogP contribution in [0.3, 0.4) is 0 Å². The Morgan fingerprint density at radius 3 is 1.92 bits per heavy atom. The quantitative estimate of drug-likeness (QED) is 0.402. The van der Waals surface area contributed by atoms with Crippen LogP contribution in [0.2, 0.25) is 0 Å². The molecule has 0 spiro atoms. The summed E-state index contributed by atoms with van der Waals surface area (Å²) < 4.78 is 0. The van der Waals surface area contributed by atoms with Crippen LogP contribution in [0.1, 0.15) is 30.6 Å². The van der Waals surface area contributed by atoms with Crippen molar-refractivity contribution in [3.8, 4) is 0 Å². The Labute approximate surface area is 217 Å². The smallest absolute Gasteiger partial charge is 0.229 e. The van der Waals surface area contributed by atoms with E-state index in [1.807, 2.05) is 17.5 Å². The van der Waals surface area contributed by atoms with Crippen LogP contribution in [0, 0.1) is 0 Å². The fourth-order valence-electron chi connectivity index (χ4n) is 5.29. The first kappa shape index (κ1) is 23.1. The molecule has 3 aliphatic heterocycles. The van der Waals surface area contributed by atoms with Gasteiger partial charge in [0, 0.05) is 64.1 Å². The van der Waals surface area contributed by atoms with Crippen molar-refractivity contribution in [3.05, 3.63) is 52.7 Å². The van der Waals surface area contributed by atoms with Crippen LogP contribution >= 0.6 is 11.3 Å². The molecule has 36 heavy (non-hydrogen) atoms. The van der Waals surface area contributed by atoms with Crippen LogP contribution in [0.15, 0.2) is 52.8 Å². The summed E-state index contributed by atoms with van der Waals surface area (Å²) in [6, 6.07) is 14.6. The molecule has 0 aliphatic carbocycles. The zero-order chi connectivity index (χ0) is 24.3. The first-order valence-electron chi connectivity index (χ1n) is 13.1. The molecule has 188 valence electrons. The number of hydrogen-bond acceptors (Lipinski definition) is 8. The molecule has 5 heterocycles. The normalized spacial score (nSPS) is 18.9. The molecule has 6 rings (SSSR count). The minimum Gasteiger partial charge on any atom is -0.383 e. The van der Waals surface area contributed by atoms with Crippen molar-refractivity contribution < 1.29 is 0 Å². The van der Waals surface area contributed by atoms with E-state index in [4.69, 9.17) is 15.7 Å². The fourth-order valence-corrected chi connectivity index (χ4v) is 5.92. The van der Waals surface area contributed by atoms with E-state index in [-0.39, 0.29) is 0 Å². The number of anilines is 4. The predicted octanol–water partition coefficient (Wildman–Crippen LogP) is 4.10. The van der Waals surface area contributed by atoms with Gasteiger partial charge in [-0.15, -0.1) is 11.3 Å². The maximum absolute atomic E-state index is 6.15. The zero-order valence-corrected chi connectivity index (χ0v) is 21.5. The van der Waals surface area contributed by atoms with Crippen LogP contribution in [-0.4, -0.2) is 68.2 Å². The van der Waals surface area contributed by atoms with Gasteiger partial charge in [-0.2, -0.15) is 9.97 Å². The summed E-state index contributed by atoms with van der Waals surface area (Å²) in [5.74, 6) is 3.65. The predicted molar refractivity (Wildman–Crippen MR) is 150 cm³/mol. The van der Waals surface area contributed by atoms with Crippen molar-refractivity contribution in [1.82, 2.24) is 9.97 Å². The molecular weight excluding hydrogens is 468 g/mol. The lowest BCUT2D eigenvalue weighted by Gasteiger charge is -2.37. The van der Waals surface area contributed by atoms with E-state index in [1.165, 1.54) is 31.4 Å². The maximum Gasteiger partial charge on any atom is 0.229 e. The first-order valence-corrected chi connectivity index (χ1v) is 14.0. The number of hydrogen-bond donors (Lipinski definition) is 1. The topological polar surface area (TPSA) is 77.1 Å². The van der Waals surface area contributed by atoms with Crippen LogP contribution in [0.5, 0.6) is 0 Å². The van der Waals surface area contributed by atoms with Gasteiger partial charge in [0.2, 0.25) is 5.95 Å². The number of aromatic nitrogens is 2. The van der Waals surface area contributed by atoms with Gasteiger partial charge in [-0.1, -0.05) is 6.07 Å². The summed E-state index contributed by atoms with van der Waals surface area (Å²) in [6.45, 7) is 8.14. The van der Waals surface area contributed by atoms with E-state index < -0.39 is 0 Å². The minimum atomic E-state index is 0.567. The molecular formula is C27H34N8S. The molecule has 8 nitrogen and oxygen atoms in total. The van der Waals surface area contributed by atoms with Gasteiger partial charge in [-0.05, 0) is 61.4 Å². The van der Waals surface area contributed by atoms with Crippen LogP contribution < -0.4 is 25.3 Å². The number of rotatable bonds is 6. The Bertz CT molecular complexity index is 1140. The molecule has 3 aromatic rings. The van der Waals surface area contributed by atoms with Crippen LogP contribution in [-0.2, 0) is 0 Å². The van der Waals surface area contributed by atoms with E-state index >= 15 is 0 Å². The van der Waals surface area contributed by atoms with Crippen molar-refractivity contribution in [2.75, 3.05) is 72.0 Å². The molecule has 0 amide bonds. The number of piperazine rings is 1. The van der Waals surface area contributed by atoms with Crippen molar-refractivity contribution in [3.63, 3.8) is 0 Å². The number of benzene rings is 1. The number of aliphatic imine (C=N–C) groups is 1. The van der Waals surface area contributed by atoms with Crippen molar-refractivity contribution in [2.45, 2.75) is 25.7 Å².